The van der Waals surface area contributed by atoms with Crippen LogP contribution in [0.15, 0.2) is 12.3 Å². The number of nitro groups is 1. The number of aromatic nitrogens is 1. The predicted molar refractivity (Wildman–Crippen MR) is 74.1 cm³/mol. The lowest BCUT2D eigenvalue weighted by Crippen LogP contribution is -2.44. The Morgan fingerprint density at radius 2 is 2.15 bits per heavy atom. The van der Waals surface area contributed by atoms with Gasteiger partial charge in [0.1, 0.15) is 17.6 Å². The van der Waals surface area contributed by atoms with Crippen LogP contribution in [0.3, 0.4) is 0 Å². The second-order valence-corrected chi connectivity index (χ2v) is 5.21. The van der Waals surface area contributed by atoms with Crippen molar-refractivity contribution in [2.24, 2.45) is 0 Å². The van der Waals surface area contributed by atoms with Crippen molar-refractivity contribution in [2.45, 2.75) is 19.4 Å². The average molecular weight is 282 g/mol. The van der Waals surface area contributed by atoms with E-state index in [0.717, 1.165) is 12.3 Å². The van der Waals surface area contributed by atoms with E-state index in [4.69, 9.17) is 5.11 Å². The summed E-state index contributed by atoms with van der Waals surface area (Å²) in [7, 11) is 3.81. The van der Waals surface area contributed by atoms with Crippen molar-refractivity contribution in [1.82, 2.24) is 9.88 Å². The maximum Gasteiger partial charge on any atom is 0.339 e. The topological polar surface area (TPSA) is 109 Å². The van der Waals surface area contributed by atoms with Crippen LogP contribution < -0.4 is 5.32 Å². The molecule has 1 aromatic heterocycles. The number of hydrogen-bond donors (Lipinski definition) is 2. The third-order valence-corrected chi connectivity index (χ3v) is 3.21. The van der Waals surface area contributed by atoms with Crippen molar-refractivity contribution >= 4 is 17.5 Å². The lowest BCUT2D eigenvalue weighted by atomic mass is 10.0. The molecule has 0 amide bonds. The molecule has 1 rings (SSSR count). The van der Waals surface area contributed by atoms with Gasteiger partial charge in [-0.05, 0) is 27.9 Å². The number of carboxylic acid groups (broad SMARTS) is 1. The van der Waals surface area contributed by atoms with Gasteiger partial charge in [-0.2, -0.15) is 0 Å². The van der Waals surface area contributed by atoms with Crippen molar-refractivity contribution in [2.75, 3.05) is 26.0 Å². The van der Waals surface area contributed by atoms with Crippen LogP contribution >= 0.6 is 0 Å². The largest absolute Gasteiger partial charge is 0.478 e. The number of rotatable bonds is 6. The van der Waals surface area contributed by atoms with Gasteiger partial charge in [-0.25, -0.2) is 9.78 Å². The second-order valence-electron chi connectivity index (χ2n) is 5.21. The molecule has 0 spiro atoms. The van der Waals surface area contributed by atoms with Gasteiger partial charge in [-0.15, -0.1) is 0 Å². The minimum atomic E-state index is -1.26. The van der Waals surface area contributed by atoms with Crippen LogP contribution in [0.5, 0.6) is 0 Å². The van der Waals surface area contributed by atoms with E-state index >= 15 is 0 Å². The number of hydrogen-bond acceptors (Lipinski definition) is 6. The summed E-state index contributed by atoms with van der Waals surface area (Å²) < 4.78 is 0. The molecule has 8 heteroatoms. The number of anilines is 1. The van der Waals surface area contributed by atoms with E-state index in [1.54, 1.807) is 0 Å². The fraction of sp³-hybridized carbons (Fsp3) is 0.500. The Kier molecular flexibility index (Phi) is 4.61. The highest BCUT2D eigenvalue weighted by Crippen LogP contribution is 2.20. The zero-order valence-corrected chi connectivity index (χ0v) is 11.9. The zero-order chi connectivity index (χ0) is 15.5. The first kappa shape index (κ1) is 15.8. The average Bonchev–Trinajstić information content (AvgIpc) is 2.35. The monoisotopic (exact) mass is 282 g/mol. The molecule has 0 aromatic carbocycles. The molecule has 0 bridgehead atoms. The molecule has 0 aliphatic carbocycles. The summed E-state index contributed by atoms with van der Waals surface area (Å²) in [5.74, 6) is -1.13. The predicted octanol–water partition coefficient (Wildman–Crippen LogP) is 1.44. The maximum absolute atomic E-state index is 11.1. The molecule has 1 heterocycles. The van der Waals surface area contributed by atoms with E-state index in [1.165, 1.54) is 0 Å². The number of pyridine rings is 1. The normalized spacial score (nSPS) is 11.4. The number of carboxylic acids is 1. The molecular formula is C12H18N4O4. The minimum Gasteiger partial charge on any atom is -0.478 e. The zero-order valence-electron chi connectivity index (χ0n) is 11.9. The lowest BCUT2D eigenvalue weighted by Gasteiger charge is -2.32. The molecule has 0 unspecified atom stereocenters. The highest BCUT2D eigenvalue weighted by atomic mass is 16.6. The third-order valence-electron chi connectivity index (χ3n) is 3.21. The van der Waals surface area contributed by atoms with E-state index in [1.807, 2.05) is 32.8 Å². The summed E-state index contributed by atoms with van der Waals surface area (Å²) in [5.41, 5.74) is -0.784. The Hall–Kier alpha value is -2.22. The van der Waals surface area contributed by atoms with Crippen molar-refractivity contribution in [3.8, 4) is 0 Å². The lowest BCUT2D eigenvalue weighted by molar-refractivity contribution is -0.385. The molecular weight excluding hydrogens is 264 g/mol. The number of nitrogens with one attached hydrogen (secondary N) is 1. The van der Waals surface area contributed by atoms with E-state index < -0.39 is 10.9 Å². The molecule has 2 N–H and O–H groups in total. The van der Waals surface area contributed by atoms with Crippen LogP contribution in [0, 0.1) is 10.1 Å². The van der Waals surface area contributed by atoms with Crippen molar-refractivity contribution in [3.05, 3.63) is 27.9 Å². The van der Waals surface area contributed by atoms with E-state index in [9.17, 15) is 14.9 Å². The molecule has 1 aromatic rings. The van der Waals surface area contributed by atoms with Crippen molar-refractivity contribution in [1.29, 1.82) is 0 Å². The van der Waals surface area contributed by atoms with Gasteiger partial charge < -0.3 is 15.3 Å². The van der Waals surface area contributed by atoms with Crippen molar-refractivity contribution < 1.29 is 14.8 Å². The van der Waals surface area contributed by atoms with Crippen LogP contribution in [0.4, 0.5) is 11.5 Å². The van der Waals surface area contributed by atoms with Gasteiger partial charge in [0.05, 0.1) is 4.92 Å². The summed E-state index contributed by atoms with van der Waals surface area (Å²) in [6, 6.07) is 1.00. The van der Waals surface area contributed by atoms with Crippen LogP contribution in [-0.2, 0) is 0 Å². The summed E-state index contributed by atoms with van der Waals surface area (Å²) in [4.78, 5) is 26.9. The van der Waals surface area contributed by atoms with Gasteiger partial charge in [0, 0.05) is 18.2 Å². The van der Waals surface area contributed by atoms with Gasteiger partial charge in [0.15, 0.2) is 0 Å². The molecule has 0 fully saturated rings. The minimum absolute atomic E-state index is 0.123. The molecule has 0 aliphatic heterocycles. The van der Waals surface area contributed by atoms with Gasteiger partial charge >= 0.3 is 5.97 Å². The van der Waals surface area contributed by atoms with Crippen LogP contribution in [-0.4, -0.2) is 52.1 Å². The highest BCUT2D eigenvalue weighted by molar-refractivity contribution is 5.93. The third kappa shape index (κ3) is 3.64. The van der Waals surface area contributed by atoms with E-state index in [-0.39, 0.29) is 22.6 Å². The summed E-state index contributed by atoms with van der Waals surface area (Å²) in [5, 5.41) is 22.7. The van der Waals surface area contributed by atoms with Gasteiger partial charge in [-0.3, -0.25) is 10.1 Å². The molecule has 0 radical (unpaired) electrons. The van der Waals surface area contributed by atoms with Gasteiger partial charge in [-0.1, -0.05) is 0 Å². The van der Waals surface area contributed by atoms with E-state index in [0.29, 0.717) is 6.54 Å². The molecule has 110 valence electrons. The number of nitrogens with zero attached hydrogens (tertiary/aromatic N) is 3. The molecule has 0 saturated heterocycles. The Labute approximate surface area is 116 Å². The molecule has 8 nitrogen and oxygen atoms in total. The first-order chi connectivity index (χ1) is 9.15. The molecule has 0 aliphatic rings. The van der Waals surface area contributed by atoms with Crippen LogP contribution in [0.2, 0.25) is 0 Å². The fourth-order valence-corrected chi connectivity index (χ4v) is 1.32. The summed E-state index contributed by atoms with van der Waals surface area (Å²) in [6.07, 6.45) is 1.04. The Morgan fingerprint density at radius 3 is 2.60 bits per heavy atom. The van der Waals surface area contributed by atoms with Crippen molar-refractivity contribution in [3.63, 3.8) is 0 Å². The fourth-order valence-electron chi connectivity index (χ4n) is 1.32. The van der Waals surface area contributed by atoms with E-state index in [2.05, 4.69) is 10.3 Å². The SMILES string of the molecule is CN(C)C(C)(C)CNc1ncc([N+](=O)[O-])cc1C(=O)O. The summed E-state index contributed by atoms with van der Waals surface area (Å²) in [6.45, 7) is 4.41. The second kappa shape index (κ2) is 5.83. The van der Waals surface area contributed by atoms with Crippen LogP contribution in [0.1, 0.15) is 24.2 Å². The first-order valence-corrected chi connectivity index (χ1v) is 5.94. The number of aromatic carboxylic acids is 1. The quantitative estimate of drug-likeness (QED) is 0.600. The Morgan fingerprint density at radius 1 is 1.55 bits per heavy atom. The van der Waals surface area contributed by atoms with Crippen LogP contribution in [0.25, 0.3) is 0 Å². The number of carbonyl (C=O) groups is 1. The first-order valence-electron chi connectivity index (χ1n) is 5.94. The highest BCUT2D eigenvalue weighted by Gasteiger charge is 2.23. The Bertz CT molecular complexity index is 528. The molecule has 20 heavy (non-hydrogen) atoms. The molecule has 0 atom stereocenters. The molecule has 0 saturated carbocycles. The Balaban J connectivity index is 3.01. The number of likely N-dealkylation sites (N-methyl/N-ethyl adjacent to an activating group) is 1. The van der Waals surface area contributed by atoms with Gasteiger partial charge in [0.2, 0.25) is 0 Å². The summed E-state index contributed by atoms with van der Waals surface area (Å²) >= 11 is 0. The smallest absolute Gasteiger partial charge is 0.339 e. The standard InChI is InChI=1S/C12H18N4O4/c1-12(2,15(3)4)7-14-10-9(11(17)18)5-8(6-13-10)16(19)20/h5-6H,7H2,1-4H3,(H,13,14)(H,17,18). The maximum atomic E-state index is 11.1. The van der Waals surface area contributed by atoms with Gasteiger partial charge in [0.25, 0.3) is 5.69 Å².